The number of rotatable bonds is 7. The zero-order chi connectivity index (χ0) is 21.4. The topological polar surface area (TPSA) is 57.1 Å². The van der Waals surface area contributed by atoms with E-state index in [1.165, 1.54) is 23.8 Å². The molecule has 1 fully saturated rings. The fourth-order valence-electron chi connectivity index (χ4n) is 3.04. The molecule has 1 aliphatic rings. The third kappa shape index (κ3) is 6.82. The number of carbonyl (C=O) groups excluding carboxylic acids is 1. The fourth-order valence-corrected chi connectivity index (χ4v) is 3.21. The maximum Gasteiger partial charge on any atom is 0.246 e. The predicted molar refractivity (Wildman–Crippen MR) is 119 cm³/mol. The zero-order valence-electron chi connectivity index (χ0n) is 17.2. The highest BCUT2D eigenvalue weighted by Crippen LogP contribution is 2.22. The van der Waals surface area contributed by atoms with Gasteiger partial charge in [-0.1, -0.05) is 30.7 Å². The van der Waals surface area contributed by atoms with Crippen molar-refractivity contribution in [1.82, 2.24) is 10.2 Å². The van der Waals surface area contributed by atoms with Crippen molar-refractivity contribution in [3.63, 3.8) is 0 Å². The smallest absolute Gasteiger partial charge is 0.246 e. The first-order chi connectivity index (χ1) is 13.9. The van der Waals surface area contributed by atoms with Crippen LogP contribution in [0.5, 0.6) is 0 Å². The first kappa shape index (κ1) is 22.8. The van der Waals surface area contributed by atoms with E-state index in [-0.39, 0.29) is 17.0 Å². The Kier molecular flexibility index (Phi) is 8.58. The largest absolute Gasteiger partial charge is 0.369 e. The lowest BCUT2D eigenvalue weighted by molar-refractivity contribution is -0.125. The van der Waals surface area contributed by atoms with E-state index in [2.05, 4.69) is 28.8 Å². The monoisotopic (exact) mass is 418 g/mol. The van der Waals surface area contributed by atoms with Crippen LogP contribution in [-0.4, -0.2) is 48.5 Å². The van der Waals surface area contributed by atoms with Gasteiger partial charge in [0.1, 0.15) is 11.7 Å². The lowest BCUT2D eigenvalue weighted by Crippen LogP contribution is -2.38. The standard InChI is InChI=1S/C22H28ClFN4O/c1-5-15(3)11-18(26-16-7-8-20(24)19(23)12-16)13-21(25-4)27-17-9-10-28(14-17)22(29)6-2/h6-8,11-12,17H,2,5,9-10,13-14H2,1,3-4H3,(H,25,27)/b15-11+,26-18?. The molecule has 0 bridgehead atoms. The van der Waals surface area contributed by atoms with Crippen molar-refractivity contribution >= 4 is 34.7 Å². The van der Waals surface area contributed by atoms with Gasteiger partial charge in [0.25, 0.3) is 0 Å². The van der Waals surface area contributed by atoms with Crippen LogP contribution in [0.1, 0.15) is 33.1 Å². The van der Waals surface area contributed by atoms with Gasteiger partial charge in [0, 0.05) is 38.3 Å². The summed E-state index contributed by atoms with van der Waals surface area (Å²) < 4.78 is 13.5. The third-order valence-electron chi connectivity index (χ3n) is 4.81. The molecule has 0 spiro atoms. The quantitative estimate of drug-likeness (QED) is 0.396. The summed E-state index contributed by atoms with van der Waals surface area (Å²) in [5.41, 5.74) is 2.57. The highest BCUT2D eigenvalue weighted by atomic mass is 35.5. The molecule has 0 saturated carbocycles. The Morgan fingerprint density at radius 3 is 2.86 bits per heavy atom. The second-order valence-electron chi connectivity index (χ2n) is 7.01. The van der Waals surface area contributed by atoms with E-state index >= 15 is 0 Å². The highest BCUT2D eigenvalue weighted by molar-refractivity contribution is 6.31. The summed E-state index contributed by atoms with van der Waals surface area (Å²) in [6.45, 7) is 8.98. The number of nitrogens with one attached hydrogen (secondary N) is 1. The van der Waals surface area contributed by atoms with E-state index < -0.39 is 5.82 Å². The first-order valence-electron chi connectivity index (χ1n) is 9.69. The summed E-state index contributed by atoms with van der Waals surface area (Å²) in [4.78, 5) is 22.6. The molecule has 1 unspecified atom stereocenters. The molecule has 1 saturated heterocycles. The minimum absolute atomic E-state index is 0.0437. The highest BCUT2D eigenvalue weighted by Gasteiger charge is 2.25. The van der Waals surface area contributed by atoms with Gasteiger partial charge in [-0.05, 0) is 50.1 Å². The number of amides is 1. The Labute approximate surface area is 177 Å². The minimum atomic E-state index is -0.468. The first-order valence-corrected chi connectivity index (χ1v) is 10.1. The lowest BCUT2D eigenvalue weighted by atomic mass is 10.1. The maximum absolute atomic E-state index is 13.5. The van der Waals surface area contributed by atoms with Crippen LogP contribution in [0.4, 0.5) is 10.1 Å². The van der Waals surface area contributed by atoms with Gasteiger partial charge in [-0.2, -0.15) is 0 Å². The number of hydrogen-bond acceptors (Lipinski definition) is 3. The molecule has 2 rings (SSSR count). The minimum Gasteiger partial charge on any atom is -0.369 e. The van der Waals surface area contributed by atoms with Crippen LogP contribution in [0.3, 0.4) is 0 Å². The van der Waals surface area contributed by atoms with Gasteiger partial charge in [0.2, 0.25) is 5.91 Å². The number of carbonyl (C=O) groups is 1. The van der Waals surface area contributed by atoms with Crippen molar-refractivity contribution < 1.29 is 9.18 Å². The molecule has 1 atom stereocenters. The van der Waals surface area contributed by atoms with Gasteiger partial charge in [-0.3, -0.25) is 14.8 Å². The average molecular weight is 419 g/mol. The Hall–Kier alpha value is -2.47. The van der Waals surface area contributed by atoms with Gasteiger partial charge in [0.15, 0.2) is 0 Å². The zero-order valence-corrected chi connectivity index (χ0v) is 18.0. The van der Waals surface area contributed by atoms with Crippen LogP contribution in [0, 0.1) is 5.82 Å². The number of likely N-dealkylation sites (tertiary alicyclic amines) is 1. The van der Waals surface area contributed by atoms with Crippen molar-refractivity contribution in [2.24, 2.45) is 9.98 Å². The molecule has 5 nitrogen and oxygen atoms in total. The van der Waals surface area contributed by atoms with E-state index in [0.717, 1.165) is 24.4 Å². The summed E-state index contributed by atoms with van der Waals surface area (Å²) in [7, 11) is 1.73. The number of amidine groups is 1. The van der Waals surface area contributed by atoms with Gasteiger partial charge >= 0.3 is 0 Å². The molecule has 0 aliphatic carbocycles. The van der Waals surface area contributed by atoms with Crippen LogP contribution >= 0.6 is 11.6 Å². The van der Waals surface area contributed by atoms with Crippen LogP contribution in [-0.2, 0) is 4.79 Å². The van der Waals surface area contributed by atoms with Crippen molar-refractivity contribution in [2.75, 3.05) is 20.1 Å². The number of halogens is 2. The molecule has 0 aromatic heterocycles. The molecule has 1 aliphatic heterocycles. The van der Waals surface area contributed by atoms with Gasteiger partial charge in [0.05, 0.1) is 10.7 Å². The molecular formula is C22H28ClFN4O. The second-order valence-corrected chi connectivity index (χ2v) is 7.42. The van der Waals surface area contributed by atoms with Gasteiger partial charge in [-0.25, -0.2) is 4.39 Å². The molecule has 1 aromatic carbocycles. The number of aliphatic imine (C=N–C) groups is 2. The summed E-state index contributed by atoms with van der Waals surface area (Å²) in [6, 6.07) is 4.56. The van der Waals surface area contributed by atoms with Crippen molar-refractivity contribution in [3.8, 4) is 0 Å². The van der Waals surface area contributed by atoms with Gasteiger partial charge in [-0.15, -0.1) is 0 Å². The SMILES string of the molecule is C=CC(=O)N1CCC(NC(CC(/C=C(\C)CC)=Nc2ccc(F)c(Cl)c2)=NC)C1. The summed E-state index contributed by atoms with van der Waals surface area (Å²) >= 11 is 5.89. The molecule has 1 amide bonds. The summed E-state index contributed by atoms with van der Waals surface area (Å²) in [5, 5.41) is 3.47. The molecule has 1 aromatic rings. The molecule has 7 heteroatoms. The number of hydrogen-bond donors (Lipinski definition) is 1. The number of benzene rings is 1. The third-order valence-corrected chi connectivity index (χ3v) is 5.10. The predicted octanol–water partition coefficient (Wildman–Crippen LogP) is 4.70. The van der Waals surface area contributed by atoms with Crippen molar-refractivity contribution in [1.29, 1.82) is 0 Å². The molecule has 0 radical (unpaired) electrons. The molecule has 156 valence electrons. The molecule has 1 heterocycles. The Balaban J connectivity index is 2.16. The van der Waals surface area contributed by atoms with Crippen LogP contribution in [0.15, 0.2) is 52.5 Å². The molecule has 1 N–H and O–H groups in total. The van der Waals surface area contributed by atoms with E-state index in [1.807, 2.05) is 13.0 Å². The number of allylic oxidation sites excluding steroid dienone is 2. The molecular weight excluding hydrogens is 391 g/mol. The van der Waals surface area contributed by atoms with Crippen LogP contribution < -0.4 is 5.32 Å². The summed E-state index contributed by atoms with van der Waals surface area (Å²) in [6.07, 6.45) is 5.61. The van der Waals surface area contributed by atoms with Crippen molar-refractivity contribution in [2.45, 2.75) is 39.2 Å². The fraction of sp³-hybridized carbons (Fsp3) is 0.409. The van der Waals surface area contributed by atoms with Crippen LogP contribution in [0.2, 0.25) is 5.02 Å². The van der Waals surface area contributed by atoms with E-state index in [9.17, 15) is 9.18 Å². The van der Waals surface area contributed by atoms with Crippen molar-refractivity contribution in [3.05, 3.63) is 53.3 Å². The normalized spacial score (nSPS) is 18.2. The van der Waals surface area contributed by atoms with Crippen LogP contribution in [0.25, 0.3) is 0 Å². The molecule has 29 heavy (non-hydrogen) atoms. The second kappa shape index (κ2) is 10.9. The maximum atomic E-state index is 13.5. The summed E-state index contributed by atoms with van der Waals surface area (Å²) in [5.74, 6) is 0.265. The van der Waals surface area contributed by atoms with E-state index in [1.54, 1.807) is 18.0 Å². The Morgan fingerprint density at radius 2 is 2.24 bits per heavy atom. The Bertz CT molecular complexity index is 847. The lowest BCUT2D eigenvalue weighted by Gasteiger charge is -2.17. The average Bonchev–Trinajstić information content (AvgIpc) is 3.17. The van der Waals surface area contributed by atoms with E-state index in [4.69, 9.17) is 11.6 Å². The Morgan fingerprint density at radius 1 is 1.48 bits per heavy atom. The van der Waals surface area contributed by atoms with E-state index in [0.29, 0.717) is 25.2 Å². The number of nitrogens with zero attached hydrogens (tertiary/aromatic N) is 3. The van der Waals surface area contributed by atoms with Gasteiger partial charge < -0.3 is 10.2 Å².